The standard InChI is InChI=1S/C15H18ClN3S2/c1-19(2)13(14-4-3-9-21-14)10-17-15(20)18-12-7-5-11(16)6-8-12/h3-9,13H,10H2,1-2H3,(H2,17,18,20)/p+1/t13-/m0/s1. The first kappa shape index (κ1) is 16.2. The quantitative estimate of drug-likeness (QED) is 0.731. The van der Waals surface area contributed by atoms with Crippen LogP contribution in [-0.2, 0) is 0 Å². The lowest BCUT2D eigenvalue weighted by molar-refractivity contribution is -0.890. The highest BCUT2D eigenvalue weighted by molar-refractivity contribution is 7.80. The van der Waals surface area contributed by atoms with Crippen molar-refractivity contribution in [3.05, 3.63) is 51.7 Å². The second-order valence-corrected chi connectivity index (χ2v) is 6.81. The Labute approximate surface area is 139 Å². The van der Waals surface area contributed by atoms with Gasteiger partial charge in [-0.25, -0.2) is 0 Å². The largest absolute Gasteiger partial charge is 0.356 e. The summed E-state index contributed by atoms with van der Waals surface area (Å²) in [7, 11) is 4.31. The van der Waals surface area contributed by atoms with Crippen LogP contribution in [0.15, 0.2) is 41.8 Å². The first-order chi connectivity index (χ1) is 10.1. The maximum atomic E-state index is 5.86. The Morgan fingerprint density at radius 3 is 2.57 bits per heavy atom. The van der Waals surface area contributed by atoms with Crippen LogP contribution in [0, 0.1) is 0 Å². The molecule has 0 aliphatic carbocycles. The number of anilines is 1. The van der Waals surface area contributed by atoms with Crippen LogP contribution in [0.25, 0.3) is 0 Å². The zero-order valence-electron chi connectivity index (χ0n) is 12.0. The molecule has 21 heavy (non-hydrogen) atoms. The van der Waals surface area contributed by atoms with E-state index in [1.54, 1.807) is 11.3 Å². The van der Waals surface area contributed by atoms with Crippen molar-refractivity contribution in [2.24, 2.45) is 0 Å². The molecule has 112 valence electrons. The van der Waals surface area contributed by atoms with Gasteiger partial charge in [-0.3, -0.25) is 0 Å². The van der Waals surface area contributed by atoms with E-state index in [0.29, 0.717) is 16.2 Å². The minimum atomic E-state index is 0.384. The van der Waals surface area contributed by atoms with E-state index in [1.807, 2.05) is 24.3 Å². The molecular formula is C15H19ClN3S2+. The third-order valence-corrected chi connectivity index (χ3v) is 4.64. The minimum absolute atomic E-state index is 0.384. The van der Waals surface area contributed by atoms with Crippen LogP contribution >= 0.6 is 35.2 Å². The smallest absolute Gasteiger partial charge is 0.171 e. The summed E-state index contributed by atoms with van der Waals surface area (Å²) < 4.78 is 0. The van der Waals surface area contributed by atoms with Crippen LogP contribution < -0.4 is 15.5 Å². The molecule has 0 bridgehead atoms. The van der Waals surface area contributed by atoms with E-state index in [0.717, 1.165) is 12.2 Å². The number of thiophene rings is 1. The van der Waals surface area contributed by atoms with Gasteiger partial charge in [-0.15, -0.1) is 11.3 Å². The predicted octanol–water partition coefficient (Wildman–Crippen LogP) is 2.57. The molecule has 0 fully saturated rings. The molecule has 0 saturated heterocycles. The normalized spacial score (nSPS) is 12.2. The summed E-state index contributed by atoms with van der Waals surface area (Å²) in [6, 6.07) is 12.1. The fourth-order valence-electron chi connectivity index (χ4n) is 1.98. The Kier molecular flexibility index (Phi) is 5.99. The highest BCUT2D eigenvalue weighted by Gasteiger charge is 2.18. The molecule has 2 aromatic rings. The summed E-state index contributed by atoms with van der Waals surface area (Å²) in [5, 5.41) is 9.90. The lowest BCUT2D eigenvalue weighted by atomic mass is 10.2. The van der Waals surface area contributed by atoms with Gasteiger partial charge in [-0.2, -0.15) is 0 Å². The molecule has 0 unspecified atom stereocenters. The van der Waals surface area contributed by atoms with Crippen LogP contribution in [0.3, 0.4) is 0 Å². The monoisotopic (exact) mass is 340 g/mol. The summed E-state index contributed by atoms with van der Waals surface area (Å²) in [4.78, 5) is 2.73. The first-order valence-corrected chi connectivity index (χ1v) is 8.36. The molecule has 0 amide bonds. The van der Waals surface area contributed by atoms with Gasteiger partial charge in [0.1, 0.15) is 6.04 Å². The van der Waals surface area contributed by atoms with Gasteiger partial charge in [0.15, 0.2) is 5.11 Å². The third kappa shape index (κ3) is 4.97. The predicted molar refractivity (Wildman–Crippen MR) is 95.5 cm³/mol. The van der Waals surface area contributed by atoms with E-state index >= 15 is 0 Å². The lowest BCUT2D eigenvalue weighted by Gasteiger charge is -2.21. The van der Waals surface area contributed by atoms with Gasteiger partial charge in [0.2, 0.25) is 0 Å². The van der Waals surface area contributed by atoms with E-state index in [2.05, 4.69) is 42.2 Å². The summed E-state index contributed by atoms with van der Waals surface area (Å²) in [6.45, 7) is 0.794. The van der Waals surface area contributed by atoms with Crippen molar-refractivity contribution in [2.45, 2.75) is 6.04 Å². The number of hydrogen-bond acceptors (Lipinski definition) is 2. The summed E-state index contributed by atoms with van der Waals surface area (Å²) in [5.74, 6) is 0. The van der Waals surface area contributed by atoms with Crippen molar-refractivity contribution < 1.29 is 4.90 Å². The fourth-order valence-corrected chi connectivity index (χ4v) is 3.26. The Morgan fingerprint density at radius 2 is 2.00 bits per heavy atom. The topological polar surface area (TPSA) is 28.5 Å². The second kappa shape index (κ2) is 7.75. The molecule has 0 radical (unpaired) electrons. The average Bonchev–Trinajstić information content (AvgIpc) is 2.95. The van der Waals surface area contributed by atoms with E-state index in [1.165, 1.54) is 9.78 Å². The number of halogens is 1. The van der Waals surface area contributed by atoms with Gasteiger partial charge in [0.05, 0.1) is 25.5 Å². The Hall–Kier alpha value is -1.14. The number of benzene rings is 1. The maximum Gasteiger partial charge on any atom is 0.171 e. The van der Waals surface area contributed by atoms with Crippen molar-refractivity contribution in [1.29, 1.82) is 0 Å². The molecule has 1 aromatic carbocycles. The van der Waals surface area contributed by atoms with Crippen molar-refractivity contribution in [2.75, 3.05) is 26.0 Å². The summed E-state index contributed by atoms with van der Waals surface area (Å²) in [6.07, 6.45) is 0. The van der Waals surface area contributed by atoms with E-state index in [4.69, 9.17) is 23.8 Å². The number of quaternary nitrogens is 1. The summed E-state index contributed by atoms with van der Waals surface area (Å²) >= 11 is 13.0. The molecule has 3 nitrogen and oxygen atoms in total. The maximum absolute atomic E-state index is 5.86. The molecule has 2 rings (SSSR count). The van der Waals surface area contributed by atoms with Crippen LogP contribution in [0.2, 0.25) is 5.02 Å². The molecular weight excluding hydrogens is 322 g/mol. The second-order valence-electron chi connectivity index (χ2n) is 4.99. The Morgan fingerprint density at radius 1 is 1.29 bits per heavy atom. The van der Waals surface area contributed by atoms with Gasteiger partial charge in [0.25, 0.3) is 0 Å². The van der Waals surface area contributed by atoms with Crippen molar-refractivity contribution in [3.8, 4) is 0 Å². The molecule has 1 heterocycles. The van der Waals surface area contributed by atoms with Crippen molar-refractivity contribution >= 4 is 46.0 Å². The first-order valence-electron chi connectivity index (χ1n) is 6.70. The van der Waals surface area contributed by atoms with E-state index in [9.17, 15) is 0 Å². The molecule has 0 aliphatic heterocycles. The van der Waals surface area contributed by atoms with Gasteiger partial charge in [-0.1, -0.05) is 17.7 Å². The van der Waals surface area contributed by atoms with Crippen molar-refractivity contribution in [1.82, 2.24) is 5.32 Å². The summed E-state index contributed by atoms with van der Waals surface area (Å²) in [5.41, 5.74) is 0.932. The molecule has 3 N–H and O–H groups in total. The van der Waals surface area contributed by atoms with Gasteiger partial charge < -0.3 is 15.5 Å². The van der Waals surface area contributed by atoms with Crippen LogP contribution in [0.5, 0.6) is 0 Å². The molecule has 1 atom stereocenters. The Bertz CT molecular complexity index is 567. The van der Waals surface area contributed by atoms with Crippen molar-refractivity contribution in [3.63, 3.8) is 0 Å². The fraction of sp³-hybridized carbons (Fsp3) is 0.267. The minimum Gasteiger partial charge on any atom is -0.356 e. The lowest BCUT2D eigenvalue weighted by Crippen LogP contribution is -3.06. The molecule has 6 heteroatoms. The van der Waals surface area contributed by atoms with E-state index in [-0.39, 0.29) is 0 Å². The highest BCUT2D eigenvalue weighted by atomic mass is 35.5. The Balaban J connectivity index is 1.89. The average molecular weight is 341 g/mol. The van der Waals surface area contributed by atoms with Gasteiger partial charge in [-0.05, 0) is 47.9 Å². The van der Waals surface area contributed by atoms with Gasteiger partial charge in [0, 0.05) is 10.7 Å². The zero-order valence-corrected chi connectivity index (χ0v) is 14.4. The zero-order chi connectivity index (χ0) is 15.2. The van der Waals surface area contributed by atoms with E-state index < -0.39 is 0 Å². The van der Waals surface area contributed by atoms with Crippen LogP contribution in [0.4, 0.5) is 5.69 Å². The number of rotatable bonds is 5. The molecule has 0 aliphatic rings. The molecule has 0 spiro atoms. The SMILES string of the molecule is C[NH+](C)[C@@H](CNC(=S)Nc1ccc(Cl)cc1)c1cccs1. The highest BCUT2D eigenvalue weighted by Crippen LogP contribution is 2.16. The number of nitrogens with one attached hydrogen (secondary N) is 3. The van der Waals surface area contributed by atoms with Gasteiger partial charge >= 0.3 is 0 Å². The third-order valence-electron chi connectivity index (χ3n) is 3.15. The van der Waals surface area contributed by atoms with Crippen LogP contribution in [0.1, 0.15) is 10.9 Å². The number of thiocarbonyl (C=S) groups is 1. The molecule has 0 saturated carbocycles. The number of likely N-dealkylation sites (N-methyl/N-ethyl adjacent to an activating group) is 1. The van der Waals surface area contributed by atoms with Crippen LogP contribution in [-0.4, -0.2) is 25.8 Å². The molecule has 1 aromatic heterocycles. The number of hydrogen-bond donors (Lipinski definition) is 3.